The van der Waals surface area contributed by atoms with Crippen LogP contribution in [0.3, 0.4) is 0 Å². The number of benzene rings is 2. The van der Waals surface area contributed by atoms with Gasteiger partial charge in [-0.15, -0.1) is 0 Å². The van der Waals surface area contributed by atoms with Crippen LogP contribution in [0.5, 0.6) is 0 Å². The first kappa shape index (κ1) is 22.4. The predicted octanol–water partition coefficient (Wildman–Crippen LogP) is 3.92. The van der Waals surface area contributed by atoms with Crippen LogP contribution < -0.4 is 10.6 Å². The Morgan fingerprint density at radius 2 is 1.59 bits per heavy atom. The van der Waals surface area contributed by atoms with Gasteiger partial charge in [0, 0.05) is 12.5 Å². The summed E-state index contributed by atoms with van der Waals surface area (Å²) in [5, 5.41) is 15.0. The molecular formula is C27H30N2O5. The van der Waals surface area contributed by atoms with Gasteiger partial charge in [0.25, 0.3) is 0 Å². The second kappa shape index (κ2) is 9.49. The molecule has 1 unspecified atom stereocenters. The maximum Gasteiger partial charge on any atom is 0.407 e. The first-order valence-corrected chi connectivity index (χ1v) is 12.1. The van der Waals surface area contributed by atoms with Gasteiger partial charge in [-0.2, -0.15) is 0 Å². The number of hydrogen-bond acceptors (Lipinski definition) is 4. The van der Waals surface area contributed by atoms with Crippen LogP contribution in [0.4, 0.5) is 4.79 Å². The molecule has 3 aliphatic carbocycles. The first-order valence-electron chi connectivity index (χ1n) is 12.1. The van der Waals surface area contributed by atoms with Crippen molar-refractivity contribution in [3.63, 3.8) is 0 Å². The van der Waals surface area contributed by atoms with E-state index in [0.717, 1.165) is 47.9 Å². The number of carboxylic acid groups (broad SMARTS) is 1. The second-order valence-corrected chi connectivity index (χ2v) is 9.67. The van der Waals surface area contributed by atoms with E-state index < -0.39 is 24.0 Å². The number of nitrogens with one attached hydrogen (secondary N) is 2. The SMILES string of the molecule is O=C(NC(C(=O)NC[C@H]1CCC[C@H]1C(=O)O)C1CC1)OCC1c2ccccc2-c2ccccc21. The van der Waals surface area contributed by atoms with E-state index in [4.69, 9.17) is 4.74 Å². The highest BCUT2D eigenvalue weighted by atomic mass is 16.5. The Kier molecular flexibility index (Phi) is 6.26. The number of ether oxygens (including phenoxy) is 1. The average molecular weight is 463 g/mol. The highest BCUT2D eigenvalue weighted by Gasteiger charge is 2.39. The normalized spacial score (nSPS) is 21.9. The van der Waals surface area contributed by atoms with Crippen LogP contribution in [0.15, 0.2) is 48.5 Å². The summed E-state index contributed by atoms with van der Waals surface area (Å²) in [5.74, 6) is -1.47. The molecule has 5 rings (SSSR count). The Morgan fingerprint density at radius 3 is 2.21 bits per heavy atom. The lowest BCUT2D eigenvalue weighted by molar-refractivity contribution is -0.143. The summed E-state index contributed by atoms with van der Waals surface area (Å²) in [4.78, 5) is 36.9. The maximum absolute atomic E-state index is 12.9. The van der Waals surface area contributed by atoms with Crippen LogP contribution in [-0.4, -0.2) is 42.3 Å². The summed E-state index contributed by atoms with van der Waals surface area (Å²) in [6.07, 6.45) is 3.47. The van der Waals surface area contributed by atoms with Crippen molar-refractivity contribution < 1.29 is 24.2 Å². The summed E-state index contributed by atoms with van der Waals surface area (Å²) in [5.41, 5.74) is 4.60. The molecule has 0 radical (unpaired) electrons. The van der Waals surface area contributed by atoms with Gasteiger partial charge in [-0.3, -0.25) is 9.59 Å². The van der Waals surface area contributed by atoms with Crippen LogP contribution in [0.1, 0.15) is 49.1 Å². The molecular weight excluding hydrogens is 432 g/mol. The van der Waals surface area contributed by atoms with Crippen molar-refractivity contribution in [2.45, 2.75) is 44.1 Å². The van der Waals surface area contributed by atoms with Crippen molar-refractivity contribution in [2.24, 2.45) is 17.8 Å². The third-order valence-corrected chi connectivity index (χ3v) is 7.51. The lowest BCUT2D eigenvalue weighted by Crippen LogP contribution is -2.49. The van der Waals surface area contributed by atoms with E-state index in [0.29, 0.717) is 13.0 Å². The Balaban J connectivity index is 1.18. The first-order chi connectivity index (χ1) is 16.5. The van der Waals surface area contributed by atoms with E-state index in [9.17, 15) is 19.5 Å². The molecule has 34 heavy (non-hydrogen) atoms. The fourth-order valence-electron chi connectivity index (χ4n) is 5.54. The van der Waals surface area contributed by atoms with Gasteiger partial charge in [0.1, 0.15) is 12.6 Å². The molecule has 0 spiro atoms. The Labute approximate surface area is 198 Å². The van der Waals surface area contributed by atoms with Crippen molar-refractivity contribution in [1.82, 2.24) is 10.6 Å². The molecule has 178 valence electrons. The van der Waals surface area contributed by atoms with Crippen molar-refractivity contribution in [3.05, 3.63) is 59.7 Å². The highest BCUT2D eigenvalue weighted by molar-refractivity contribution is 5.86. The number of carbonyl (C=O) groups is 3. The molecule has 2 saturated carbocycles. The molecule has 2 aromatic rings. The highest BCUT2D eigenvalue weighted by Crippen LogP contribution is 2.44. The van der Waals surface area contributed by atoms with E-state index in [2.05, 4.69) is 34.9 Å². The van der Waals surface area contributed by atoms with Gasteiger partial charge in [0.2, 0.25) is 5.91 Å². The van der Waals surface area contributed by atoms with Gasteiger partial charge in [0.05, 0.1) is 5.92 Å². The maximum atomic E-state index is 12.9. The summed E-state index contributed by atoms with van der Waals surface area (Å²) >= 11 is 0. The van der Waals surface area contributed by atoms with Crippen LogP contribution in [0, 0.1) is 17.8 Å². The predicted molar refractivity (Wildman–Crippen MR) is 126 cm³/mol. The third kappa shape index (κ3) is 4.52. The summed E-state index contributed by atoms with van der Waals surface area (Å²) in [6.45, 7) is 0.520. The van der Waals surface area contributed by atoms with Crippen LogP contribution in [0.25, 0.3) is 11.1 Å². The minimum Gasteiger partial charge on any atom is -0.481 e. The smallest absolute Gasteiger partial charge is 0.407 e. The zero-order valence-corrected chi connectivity index (χ0v) is 19.0. The van der Waals surface area contributed by atoms with Crippen molar-refractivity contribution in [2.75, 3.05) is 13.2 Å². The summed E-state index contributed by atoms with van der Waals surface area (Å²) in [7, 11) is 0. The second-order valence-electron chi connectivity index (χ2n) is 9.67. The molecule has 0 saturated heterocycles. The molecule has 2 aromatic carbocycles. The molecule has 3 N–H and O–H groups in total. The van der Waals surface area contributed by atoms with Crippen molar-refractivity contribution in [1.29, 1.82) is 0 Å². The van der Waals surface area contributed by atoms with E-state index >= 15 is 0 Å². The van der Waals surface area contributed by atoms with Gasteiger partial charge in [-0.25, -0.2) is 4.79 Å². The van der Waals surface area contributed by atoms with E-state index in [1.54, 1.807) is 0 Å². The lowest BCUT2D eigenvalue weighted by Gasteiger charge is -2.21. The largest absolute Gasteiger partial charge is 0.481 e. The number of fused-ring (bicyclic) bond motifs is 3. The van der Waals surface area contributed by atoms with Crippen molar-refractivity contribution in [3.8, 4) is 11.1 Å². The Hall–Kier alpha value is -3.35. The minimum absolute atomic E-state index is 0.0401. The van der Waals surface area contributed by atoms with Crippen LogP contribution in [-0.2, 0) is 14.3 Å². The molecule has 0 bridgehead atoms. The molecule has 2 fully saturated rings. The number of carboxylic acids is 1. The van der Waals surface area contributed by atoms with Crippen LogP contribution >= 0.6 is 0 Å². The van der Waals surface area contributed by atoms with Crippen molar-refractivity contribution >= 4 is 18.0 Å². The molecule has 7 nitrogen and oxygen atoms in total. The molecule has 3 aliphatic rings. The zero-order chi connectivity index (χ0) is 23.7. The average Bonchev–Trinajstić information content (AvgIpc) is 3.48. The molecule has 0 aromatic heterocycles. The number of rotatable bonds is 8. The standard InChI is InChI=1S/C27H30N2O5/c30-25(28-14-17-6-5-11-18(17)26(31)32)24(16-12-13-16)29-27(33)34-15-23-21-9-3-1-7-19(21)20-8-2-4-10-22(20)23/h1-4,7-10,16-18,23-24H,5-6,11-15H2,(H,28,30)(H,29,33)(H,31,32)/t17-,18-,24?/m1/s1. The van der Waals surface area contributed by atoms with E-state index in [1.165, 1.54) is 0 Å². The van der Waals surface area contributed by atoms with E-state index in [-0.39, 0.29) is 30.3 Å². The fourth-order valence-corrected chi connectivity index (χ4v) is 5.54. The zero-order valence-electron chi connectivity index (χ0n) is 19.0. The Morgan fingerprint density at radius 1 is 0.941 bits per heavy atom. The molecule has 7 heteroatoms. The number of aliphatic carboxylic acids is 1. The lowest BCUT2D eigenvalue weighted by atomic mass is 9.96. The van der Waals surface area contributed by atoms with Gasteiger partial charge in [0.15, 0.2) is 0 Å². The monoisotopic (exact) mass is 462 g/mol. The van der Waals surface area contributed by atoms with Gasteiger partial charge in [-0.1, -0.05) is 55.0 Å². The number of carbonyl (C=O) groups excluding carboxylic acids is 2. The molecule has 3 atom stereocenters. The third-order valence-electron chi connectivity index (χ3n) is 7.51. The number of hydrogen-bond donors (Lipinski definition) is 3. The van der Waals surface area contributed by atoms with Crippen LogP contribution in [0.2, 0.25) is 0 Å². The topological polar surface area (TPSA) is 105 Å². The molecule has 0 heterocycles. The van der Waals surface area contributed by atoms with Gasteiger partial charge < -0.3 is 20.5 Å². The number of alkyl carbamates (subject to hydrolysis) is 1. The summed E-state index contributed by atoms with van der Waals surface area (Å²) < 4.78 is 5.62. The van der Waals surface area contributed by atoms with Gasteiger partial charge in [-0.05, 0) is 59.8 Å². The molecule has 0 aliphatic heterocycles. The number of amides is 2. The minimum atomic E-state index is -0.799. The Bertz CT molecular complexity index is 1050. The quantitative estimate of drug-likeness (QED) is 0.552. The van der Waals surface area contributed by atoms with Gasteiger partial charge >= 0.3 is 12.1 Å². The fraction of sp³-hybridized carbons (Fsp3) is 0.444. The molecule has 2 amide bonds. The summed E-state index contributed by atoms with van der Waals surface area (Å²) in [6, 6.07) is 15.6. The van der Waals surface area contributed by atoms with E-state index in [1.807, 2.05) is 24.3 Å².